The standard InChI is InChI=1S/C17H23N3O4/c21-16(22)14-2-1-7-20(10-14)17(23)19-9-13-5-6-15(18-8-13)24-11-12-3-4-12/h5-6,8,12,14H,1-4,7,9-11H2,(H,19,23)(H,21,22). The van der Waals surface area contributed by atoms with Gasteiger partial charge in [0.1, 0.15) is 0 Å². The zero-order valence-electron chi connectivity index (χ0n) is 13.6. The molecule has 1 aromatic heterocycles. The zero-order valence-corrected chi connectivity index (χ0v) is 13.6. The van der Waals surface area contributed by atoms with Gasteiger partial charge in [-0.25, -0.2) is 9.78 Å². The molecule has 1 aliphatic heterocycles. The molecule has 2 aliphatic rings. The van der Waals surface area contributed by atoms with Crippen molar-refractivity contribution >= 4 is 12.0 Å². The van der Waals surface area contributed by atoms with Gasteiger partial charge in [0.2, 0.25) is 5.88 Å². The SMILES string of the molecule is O=C(O)C1CCCN(C(=O)NCc2ccc(OCC3CC3)nc2)C1. The lowest BCUT2D eigenvalue weighted by Gasteiger charge is -2.30. The van der Waals surface area contributed by atoms with E-state index >= 15 is 0 Å². The monoisotopic (exact) mass is 333 g/mol. The highest BCUT2D eigenvalue weighted by Gasteiger charge is 2.28. The van der Waals surface area contributed by atoms with E-state index < -0.39 is 11.9 Å². The van der Waals surface area contributed by atoms with E-state index in [4.69, 9.17) is 9.84 Å². The first-order valence-electron chi connectivity index (χ1n) is 8.45. The van der Waals surface area contributed by atoms with Gasteiger partial charge in [0.15, 0.2) is 0 Å². The van der Waals surface area contributed by atoms with Crippen LogP contribution in [0.25, 0.3) is 0 Å². The highest BCUT2D eigenvalue weighted by Crippen LogP contribution is 2.29. The molecule has 1 saturated heterocycles. The number of amides is 2. The van der Waals surface area contributed by atoms with Gasteiger partial charge in [-0.15, -0.1) is 0 Å². The van der Waals surface area contributed by atoms with Gasteiger partial charge in [-0.3, -0.25) is 4.79 Å². The van der Waals surface area contributed by atoms with Crippen molar-refractivity contribution in [1.29, 1.82) is 0 Å². The maximum atomic E-state index is 12.2. The molecule has 130 valence electrons. The molecule has 1 aliphatic carbocycles. The topological polar surface area (TPSA) is 91.8 Å². The summed E-state index contributed by atoms with van der Waals surface area (Å²) in [7, 11) is 0. The second-order valence-corrected chi connectivity index (χ2v) is 6.54. The van der Waals surface area contributed by atoms with Crippen molar-refractivity contribution in [1.82, 2.24) is 15.2 Å². The fourth-order valence-corrected chi connectivity index (χ4v) is 2.74. The van der Waals surface area contributed by atoms with E-state index in [1.54, 1.807) is 11.1 Å². The number of piperidine rings is 1. The smallest absolute Gasteiger partial charge is 0.317 e. The number of rotatable bonds is 6. The van der Waals surface area contributed by atoms with E-state index in [1.165, 1.54) is 12.8 Å². The van der Waals surface area contributed by atoms with Crippen LogP contribution in [-0.2, 0) is 11.3 Å². The van der Waals surface area contributed by atoms with Gasteiger partial charge in [0, 0.05) is 31.9 Å². The number of nitrogens with one attached hydrogen (secondary N) is 1. The van der Waals surface area contributed by atoms with Crippen LogP contribution < -0.4 is 10.1 Å². The number of aromatic nitrogens is 1. The summed E-state index contributed by atoms with van der Waals surface area (Å²) in [4.78, 5) is 29.0. The average molecular weight is 333 g/mol. The summed E-state index contributed by atoms with van der Waals surface area (Å²) in [5.74, 6) is -0.00482. The van der Waals surface area contributed by atoms with Gasteiger partial charge in [-0.1, -0.05) is 6.07 Å². The van der Waals surface area contributed by atoms with Crippen LogP contribution >= 0.6 is 0 Å². The molecule has 1 aromatic rings. The number of likely N-dealkylation sites (tertiary alicyclic amines) is 1. The van der Waals surface area contributed by atoms with Gasteiger partial charge in [-0.05, 0) is 37.2 Å². The molecular weight excluding hydrogens is 310 g/mol. The lowest BCUT2D eigenvalue weighted by atomic mass is 9.99. The van der Waals surface area contributed by atoms with Crippen LogP contribution in [0.1, 0.15) is 31.2 Å². The quantitative estimate of drug-likeness (QED) is 0.829. The fraction of sp³-hybridized carbons (Fsp3) is 0.588. The number of carbonyl (C=O) groups excluding carboxylic acids is 1. The van der Waals surface area contributed by atoms with Gasteiger partial charge >= 0.3 is 12.0 Å². The van der Waals surface area contributed by atoms with E-state index in [-0.39, 0.29) is 12.6 Å². The van der Waals surface area contributed by atoms with Crippen LogP contribution in [0.3, 0.4) is 0 Å². The molecule has 1 saturated carbocycles. The summed E-state index contributed by atoms with van der Waals surface area (Å²) in [6.45, 7) is 1.96. The molecule has 0 aromatic carbocycles. The molecule has 1 unspecified atom stereocenters. The van der Waals surface area contributed by atoms with Crippen molar-refractivity contribution in [3.8, 4) is 5.88 Å². The second kappa shape index (κ2) is 7.51. The largest absolute Gasteiger partial charge is 0.481 e. The van der Waals surface area contributed by atoms with Crippen molar-refractivity contribution in [2.75, 3.05) is 19.7 Å². The first-order chi connectivity index (χ1) is 11.6. The van der Waals surface area contributed by atoms with Gasteiger partial charge < -0.3 is 20.1 Å². The first-order valence-corrected chi connectivity index (χ1v) is 8.45. The number of urea groups is 1. The summed E-state index contributed by atoms with van der Waals surface area (Å²) in [6, 6.07) is 3.46. The Morgan fingerprint density at radius 1 is 1.33 bits per heavy atom. The lowest BCUT2D eigenvalue weighted by molar-refractivity contribution is -0.143. The zero-order chi connectivity index (χ0) is 16.9. The Bertz CT molecular complexity index is 586. The number of hydrogen-bond donors (Lipinski definition) is 2. The molecule has 7 nitrogen and oxygen atoms in total. The van der Waals surface area contributed by atoms with E-state index in [1.807, 2.05) is 12.1 Å². The van der Waals surface area contributed by atoms with E-state index in [2.05, 4.69) is 10.3 Å². The highest BCUT2D eigenvalue weighted by atomic mass is 16.5. The number of nitrogens with zero attached hydrogens (tertiary/aromatic N) is 2. The Labute approximate surface area is 141 Å². The summed E-state index contributed by atoms with van der Waals surface area (Å²) in [6.07, 6.45) is 5.52. The number of aliphatic carboxylic acids is 1. The third-order valence-electron chi connectivity index (χ3n) is 4.46. The summed E-state index contributed by atoms with van der Waals surface area (Å²) >= 11 is 0. The third-order valence-corrected chi connectivity index (χ3v) is 4.46. The molecule has 2 N–H and O–H groups in total. The van der Waals surface area contributed by atoms with E-state index in [0.717, 1.165) is 18.6 Å². The average Bonchev–Trinajstić information content (AvgIpc) is 3.43. The predicted molar refractivity (Wildman–Crippen MR) is 86.6 cm³/mol. The Morgan fingerprint density at radius 3 is 2.83 bits per heavy atom. The minimum atomic E-state index is -0.835. The minimum absolute atomic E-state index is 0.227. The predicted octanol–water partition coefficient (Wildman–Crippen LogP) is 1.88. The number of carboxylic acids is 1. The molecule has 0 radical (unpaired) electrons. The number of carbonyl (C=O) groups is 2. The van der Waals surface area contributed by atoms with E-state index in [0.29, 0.717) is 31.3 Å². The third kappa shape index (κ3) is 4.59. The molecule has 24 heavy (non-hydrogen) atoms. The summed E-state index contributed by atoms with van der Waals surface area (Å²) in [5, 5.41) is 11.9. The Hall–Kier alpha value is -2.31. The second-order valence-electron chi connectivity index (χ2n) is 6.54. The van der Waals surface area contributed by atoms with Crippen molar-refractivity contribution < 1.29 is 19.4 Å². The number of hydrogen-bond acceptors (Lipinski definition) is 4. The van der Waals surface area contributed by atoms with Gasteiger partial charge in [0.05, 0.1) is 12.5 Å². The molecule has 7 heteroatoms. The van der Waals surface area contributed by atoms with Crippen LogP contribution in [0.4, 0.5) is 4.79 Å². The number of carboxylic acid groups (broad SMARTS) is 1. The maximum absolute atomic E-state index is 12.2. The van der Waals surface area contributed by atoms with Crippen molar-refractivity contribution in [3.05, 3.63) is 23.9 Å². The van der Waals surface area contributed by atoms with Gasteiger partial charge in [-0.2, -0.15) is 0 Å². The lowest BCUT2D eigenvalue weighted by Crippen LogP contribution is -2.46. The van der Waals surface area contributed by atoms with E-state index in [9.17, 15) is 9.59 Å². The molecule has 0 spiro atoms. The molecule has 3 rings (SSSR count). The van der Waals surface area contributed by atoms with Crippen LogP contribution in [0.15, 0.2) is 18.3 Å². The van der Waals surface area contributed by atoms with Crippen LogP contribution in [0, 0.1) is 11.8 Å². The number of pyridine rings is 1. The van der Waals surface area contributed by atoms with Crippen molar-refractivity contribution in [3.63, 3.8) is 0 Å². The van der Waals surface area contributed by atoms with Crippen LogP contribution in [0.2, 0.25) is 0 Å². The summed E-state index contributed by atoms with van der Waals surface area (Å²) in [5.41, 5.74) is 0.883. The molecule has 2 heterocycles. The molecule has 0 bridgehead atoms. The maximum Gasteiger partial charge on any atom is 0.317 e. The normalized spacial score (nSPS) is 20.5. The first kappa shape index (κ1) is 16.5. The minimum Gasteiger partial charge on any atom is -0.481 e. The summed E-state index contributed by atoms with van der Waals surface area (Å²) < 4.78 is 5.58. The van der Waals surface area contributed by atoms with Crippen LogP contribution in [0.5, 0.6) is 5.88 Å². The molecule has 1 atom stereocenters. The van der Waals surface area contributed by atoms with Gasteiger partial charge in [0.25, 0.3) is 0 Å². The number of ether oxygens (including phenoxy) is 1. The Balaban J connectivity index is 1.44. The molecule has 2 fully saturated rings. The molecular formula is C17H23N3O4. The fourth-order valence-electron chi connectivity index (χ4n) is 2.74. The Morgan fingerprint density at radius 2 is 2.17 bits per heavy atom. The van der Waals surface area contributed by atoms with Crippen molar-refractivity contribution in [2.24, 2.45) is 11.8 Å². The Kier molecular flexibility index (Phi) is 5.17. The van der Waals surface area contributed by atoms with Crippen LogP contribution in [-0.4, -0.2) is 46.7 Å². The van der Waals surface area contributed by atoms with Crippen molar-refractivity contribution in [2.45, 2.75) is 32.2 Å². The highest BCUT2D eigenvalue weighted by molar-refractivity contribution is 5.76. The molecule has 2 amide bonds.